The first kappa shape index (κ1) is 7.19. The average molecular weight is 110 g/mol. The first-order chi connectivity index (χ1) is 3.81. The summed E-state index contributed by atoms with van der Waals surface area (Å²) in [7, 11) is 0. The molecule has 0 aromatic rings. The van der Waals surface area contributed by atoms with Gasteiger partial charge in [0.05, 0.1) is 0 Å². The summed E-state index contributed by atoms with van der Waals surface area (Å²) in [5.41, 5.74) is 0.768. The number of hydrogen-bond donors (Lipinski definition) is 0. The van der Waals surface area contributed by atoms with Gasteiger partial charge in [-0.05, 0) is 19.8 Å². The lowest BCUT2D eigenvalue weighted by molar-refractivity contribution is 0.566. The van der Waals surface area contributed by atoms with Gasteiger partial charge in [0.1, 0.15) is 5.94 Å². The minimum absolute atomic E-state index is 0.768. The second kappa shape index (κ2) is 4.35. The van der Waals surface area contributed by atoms with E-state index >= 15 is 0 Å². The van der Waals surface area contributed by atoms with Crippen LogP contribution in [0.15, 0.2) is 18.2 Å². The first-order valence-corrected chi connectivity index (χ1v) is 2.62. The predicted molar refractivity (Wildman–Crippen MR) is 34.3 cm³/mol. The van der Waals surface area contributed by atoms with Crippen LogP contribution in [0.25, 0.3) is 0 Å². The third kappa shape index (κ3) is 3.38. The molecule has 0 rings (SSSR count). The fourth-order valence-corrected chi connectivity index (χ4v) is 0.370. The molecular weight excluding hydrogens is 100 g/mol. The molecule has 0 fully saturated rings. The lowest BCUT2D eigenvalue weighted by Crippen LogP contribution is -1.73. The standard InChI is InChI=1S/C7H10O/c1-3-4-5-7(2)6-8/h3H,1,4-5H2,2H3. The second-order valence-electron chi connectivity index (χ2n) is 1.71. The molecule has 0 amide bonds. The molecule has 0 N–H and O–H groups in total. The maximum Gasteiger partial charge on any atom is 0.123 e. The van der Waals surface area contributed by atoms with Crippen molar-refractivity contribution in [3.8, 4) is 0 Å². The van der Waals surface area contributed by atoms with Crippen LogP contribution in [0.1, 0.15) is 19.8 Å². The van der Waals surface area contributed by atoms with Crippen molar-refractivity contribution in [3.63, 3.8) is 0 Å². The van der Waals surface area contributed by atoms with Gasteiger partial charge >= 0.3 is 0 Å². The topological polar surface area (TPSA) is 17.1 Å². The number of hydrogen-bond acceptors (Lipinski definition) is 1. The van der Waals surface area contributed by atoms with Gasteiger partial charge in [-0.15, -0.1) is 6.58 Å². The Balaban J connectivity index is 3.39. The molecule has 0 aliphatic rings. The minimum atomic E-state index is 0.768. The van der Waals surface area contributed by atoms with E-state index in [4.69, 9.17) is 0 Å². The largest absolute Gasteiger partial charge is 0.234 e. The fraction of sp³-hybridized carbons (Fsp3) is 0.429. The zero-order valence-corrected chi connectivity index (χ0v) is 5.11. The van der Waals surface area contributed by atoms with Crippen molar-refractivity contribution in [2.45, 2.75) is 19.8 Å². The summed E-state index contributed by atoms with van der Waals surface area (Å²) < 4.78 is 0. The highest BCUT2D eigenvalue weighted by Crippen LogP contribution is 1.97. The molecule has 44 valence electrons. The number of carbonyl (C=O) groups excluding carboxylic acids is 1. The Morgan fingerprint density at radius 3 is 2.88 bits per heavy atom. The Bertz CT molecular complexity index is 118. The van der Waals surface area contributed by atoms with Crippen molar-refractivity contribution in [2.75, 3.05) is 0 Å². The molecule has 0 spiro atoms. The van der Waals surface area contributed by atoms with E-state index in [9.17, 15) is 4.79 Å². The molecule has 0 aromatic carbocycles. The third-order valence-corrected chi connectivity index (χ3v) is 0.898. The van der Waals surface area contributed by atoms with Crippen LogP contribution in [-0.4, -0.2) is 5.94 Å². The van der Waals surface area contributed by atoms with Gasteiger partial charge in [0.15, 0.2) is 0 Å². The smallest absolute Gasteiger partial charge is 0.123 e. The number of allylic oxidation sites excluding steroid dienone is 2. The summed E-state index contributed by atoms with van der Waals surface area (Å²) in [5.74, 6) is 1.82. The van der Waals surface area contributed by atoms with Crippen LogP contribution >= 0.6 is 0 Å². The second-order valence-corrected chi connectivity index (χ2v) is 1.71. The highest BCUT2D eigenvalue weighted by atomic mass is 16.1. The van der Waals surface area contributed by atoms with Gasteiger partial charge in [-0.2, -0.15) is 0 Å². The van der Waals surface area contributed by atoms with Gasteiger partial charge in [0.25, 0.3) is 0 Å². The van der Waals surface area contributed by atoms with E-state index in [2.05, 4.69) is 6.58 Å². The summed E-state index contributed by atoms with van der Waals surface area (Å²) in [5, 5.41) is 0. The Morgan fingerprint density at radius 2 is 2.50 bits per heavy atom. The molecule has 0 unspecified atom stereocenters. The fourth-order valence-electron chi connectivity index (χ4n) is 0.370. The Labute approximate surface area is 49.7 Å². The van der Waals surface area contributed by atoms with Crippen LogP contribution in [0.3, 0.4) is 0 Å². The molecule has 0 aliphatic heterocycles. The van der Waals surface area contributed by atoms with E-state index in [0.29, 0.717) is 0 Å². The van der Waals surface area contributed by atoms with E-state index in [1.165, 1.54) is 0 Å². The van der Waals surface area contributed by atoms with Crippen LogP contribution < -0.4 is 0 Å². The molecular formula is C7H10O. The predicted octanol–water partition coefficient (Wildman–Crippen LogP) is 1.73. The average Bonchev–Trinajstić information content (AvgIpc) is 1.83. The summed E-state index contributed by atoms with van der Waals surface area (Å²) in [6, 6.07) is 0. The molecule has 1 heteroatoms. The normalized spacial score (nSPS) is 7.62. The van der Waals surface area contributed by atoms with Gasteiger partial charge in [-0.3, -0.25) is 0 Å². The molecule has 0 aliphatic carbocycles. The molecule has 0 heterocycles. The van der Waals surface area contributed by atoms with E-state index in [1.54, 1.807) is 13.0 Å². The number of rotatable bonds is 3. The molecule has 0 saturated carbocycles. The van der Waals surface area contributed by atoms with Crippen LogP contribution in [0.2, 0.25) is 0 Å². The summed E-state index contributed by atoms with van der Waals surface area (Å²) in [6.07, 6.45) is 3.47. The third-order valence-electron chi connectivity index (χ3n) is 0.898. The monoisotopic (exact) mass is 110 g/mol. The Kier molecular flexibility index (Phi) is 3.91. The zero-order chi connectivity index (χ0) is 6.41. The molecule has 0 atom stereocenters. The molecule has 1 nitrogen and oxygen atoms in total. The van der Waals surface area contributed by atoms with Crippen molar-refractivity contribution in [1.29, 1.82) is 0 Å². The lowest BCUT2D eigenvalue weighted by atomic mass is 10.2. The maximum absolute atomic E-state index is 9.81. The minimum Gasteiger partial charge on any atom is -0.234 e. The van der Waals surface area contributed by atoms with E-state index in [-0.39, 0.29) is 0 Å². The van der Waals surface area contributed by atoms with Crippen molar-refractivity contribution < 1.29 is 4.79 Å². The van der Waals surface area contributed by atoms with Gasteiger partial charge in [-0.25, -0.2) is 4.79 Å². The van der Waals surface area contributed by atoms with Crippen molar-refractivity contribution in [1.82, 2.24) is 0 Å². The van der Waals surface area contributed by atoms with Gasteiger partial charge in [0.2, 0.25) is 0 Å². The Hall–Kier alpha value is -0.810. The van der Waals surface area contributed by atoms with Gasteiger partial charge in [-0.1, -0.05) is 6.08 Å². The quantitative estimate of drug-likeness (QED) is 0.399. The van der Waals surface area contributed by atoms with Crippen LogP contribution in [-0.2, 0) is 4.79 Å². The zero-order valence-electron chi connectivity index (χ0n) is 5.11. The van der Waals surface area contributed by atoms with Gasteiger partial charge in [0, 0.05) is 5.57 Å². The van der Waals surface area contributed by atoms with Crippen LogP contribution in [0, 0.1) is 0 Å². The Morgan fingerprint density at radius 1 is 1.88 bits per heavy atom. The molecule has 0 bridgehead atoms. The first-order valence-electron chi connectivity index (χ1n) is 2.62. The van der Waals surface area contributed by atoms with Crippen molar-refractivity contribution >= 4 is 5.94 Å². The summed E-state index contributed by atoms with van der Waals surface area (Å²) in [4.78, 5) is 9.81. The van der Waals surface area contributed by atoms with E-state index < -0.39 is 0 Å². The molecule has 0 aromatic heterocycles. The summed E-state index contributed by atoms with van der Waals surface area (Å²) >= 11 is 0. The van der Waals surface area contributed by atoms with Crippen LogP contribution in [0.5, 0.6) is 0 Å². The van der Waals surface area contributed by atoms with Crippen molar-refractivity contribution in [3.05, 3.63) is 18.2 Å². The van der Waals surface area contributed by atoms with Gasteiger partial charge < -0.3 is 0 Å². The van der Waals surface area contributed by atoms with E-state index in [1.807, 2.05) is 5.94 Å². The molecule has 0 radical (unpaired) electrons. The lowest BCUT2D eigenvalue weighted by Gasteiger charge is -1.86. The summed E-state index contributed by atoms with van der Waals surface area (Å²) in [6.45, 7) is 5.30. The molecule has 0 saturated heterocycles. The van der Waals surface area contributed by atoms with Crippen molar-refractivity contribution in [2.24, 2.45) is 0 Å². The molecule has 8 heavy (non-hydrogen) atoms. The highest BCUT2D eigenvalue weighted by Gasteiger charge is 1.84. The van der Waals surface area contributed by atoms with Crippen LogP contribution in [0.4, 0.5) is 0 Å². The SMILES string of the molecule is C=CCCC(C)=C=O. The van der Waals surface area contributed by atoms with E-state index in [0.717, 1.165) is 18.4 Å². The maximum atomic E-state index is 9.81. The highest BCUT2D eigenvalue weighted by molar-refractivity contribution is 5.51.